The third kappa shape index (κ3) is 1.25. The maximum atomic E-state index is 8.49. The highest BCUT2D eigenvalue weighted by Gasteiger charge is 1.97. The molecule has 0 aliphatic carbocycles. The number of H-pyrrole nitrogens is 1. The molecule has 0 saturated carbocycles. The van der Waals surface area contributed by atoms with Crippen molar-refractivity contribution in [3.8, 4) is 6.07 Å². The van der Waals surface area contributed by atoms with Crippen LogP contribution in [-0.2, 0) is 0 Å². The highest BCUT2D eigenvalue weighted by Crippen LogP contribution is 2.08. The normalized spacial score (nSPS) is 8.92. The van der Waals surface area contributed by atoms with E-state index in [-0.39, 0.29) is 12.4 Å². The quantitative estimate of drug-likeness (QED) is 0.671. The van der Waals surface area contributed by atoms with E-state index in [1.807, 2.05) is 30.3 Å². The van der Waals surface area contributed by atoms with Gasteiger partial charge in [0, 0.05) is 0 Å². The van der Waals surface area contributed by atoms with Gasteiger partial charge in [-0.2, -0.15) is 5.26 Å². The first-order valence-electron chi connectivity index (χ1n) is 3.25. The molecule has 1 aromatic carbocycles. The number of halogens is 1. The van der Waals surface area contributed by atoms with Crippen LogP contribution in [-0.4, -0.2) is 9.97 Å². The molecule has 0 atom stereocenters. The molecule has 0 fully saturated rings. The summed E-state index contributed by atoms with van der Waals surface area (Å²) in [7, 11) is 0. The van der Waals surface area contributed by atoms with E-state index in [1.54, 1.807) is 0 Å². The molecule has 0 spiro atoms. The van der Waals surface area contributed by atoms with Gasteiger partial charge in [0.25, 0.3) is 0 Å². The van der Waals surface area contributed by atoms with Crippen LogP contribution in [0.4, 0.5) is 0 Å². The first-order chi connectivity index (χ1) is 5.40. The second-order valence-electron chi connectivity index (χ2n) is 2.21. The lowest BCUT2D eigenvalue weighted by atomic mass is 10.3. The van der Waals surface area contributed by atoms with Gasteiger partial charge in [0.15, 0.2) is 0 Å². The summed E-state index contributed by atoms with van der Waals surface area (Å²) in [6.07, 6.45) is 0. The van der Waals surface area contributed by atoms with Gasteiger partial charge in [-0.1, -0.05) is 12.1 Å². The zero-order chi connectivity index (χ0) is 7.68. The summed E-state index contributed by atoms with van der Waals surface area (Å²) in [4.78, 5) is 6.89. The highest BCUT2D eigenvalue weighted by molar-refractivity contribution is 5.85. The molecule has 3 nitrogen and oxygen atoms in total. The lowest BCUT2D eigenvalue weighted by Crippen LogP contribution is -1.71. The van der Waals surface area contributed by atoms with Crippen molar-refractivity contribution in [2.75, 3.05) is 0 Å². The molecule has 2 rings (SSSR count). The van der Waals surface area contributed by atoms with Crippen LogP contribution in [0.2, 0.25) is 0 Å². The van der Waals surface area contributed by atoms with E-state index >= 15 is 0 Å². The molecular formula is C8H6ClN3. The lowest BCUT2D eigenvalue weighted by Gasteiger charge is -1.81. The van der Waals surface area contributed by atoms with Crippen molar-refractivity contribution in [2.45, 2.75) is 0 Å². The van der Waals surface area contributed by atoms with E-state index in [1.165, 1.54) is 0 Å². The average molecular weight is 180 g/mol. The van der Waals surface area contributed by atoms with Gasteiger partial charge in [-0.05, 0) is 12.1 Å². The summed E-state index contributed by atoms with van der Waals surface area (Å²) < 4.78 is 0. The smallest absolute Gasteiger partial charge is 0.211 e. The Morgan fingerprint density at radius 1 is 1.33 bits per heavy atom. The number of imidazole rings is 1. The van der Waals surface area contributed by atoms with Crippen LogP contribution in [0.15, 0.2) is 24.3 Å². The van der Waals surface area contributed by atoms with E-state index in [9.17, 15) is 0 Å². The van der Waals surface area contributed by atoms with E-state index in [2.05, 4.69) is 9.97 Å². The van der Waals surface area contributed by atoms with Gasteiger partial charge >= 0.3 is 0 Å². The van der Waals surface area contributed by atoms with Crippen LogP contribution in [0.5, 0.6) is 0 Å². The van der Waals surface area contributed by atoms with Crippen molar-refractivity contribution in [2.24, 2.45) is 0 Å². The largest absolute Gasteiger partial charge is 0.329 e. The zero-order valence-corrected chi connectivity index (χ0v) is 6.93. The van der Waals surface area contributed by atoms with Crippen LogP contribution < -0.4 is 0 Å². The number of hydrogen-bond acceptors (Lipinski definition) is 2. The molecule has 12 heavy (non-hydrogen) atoms. The summed E-state index contributed by atoms with van der Waals surface area (Å²) in [5.74, 6) is 0.367. The second kappa shape index (κ2) is 3.24. The third-order valence-electron chi connectivity index (χ3n) is 1.50. The monoisotopic (exact) mass is 179 g/mol. The minimum Gasteiger partial charge on any atom is -0.329 e. The Balaban J connectivity index is 0.000000720. The number of nitrogens with zero attached hydrogens (tertiary/aromatic N) is 2. The number of fused-ring (bicyclic) bond motifs is 1. The Labute approximate surface area is 75.5 Å². The topological polar surface area (TPSA) is 52.5 Å². The summed E-state index contributed by atoms with van der Waals surface area (Å²) in [6.45, 7) is 0. The number of aromatic amines is 1. The number of aromatic nitrogens is 2. The van der Waals surface area contributed by atoms with E-state index in [4.69, 9.17) is 5.26 Å². The van der Waals surface area contributed by atoms with Crippen molar-refractivity contribution >= 4 is 23.4 Å². The SMILES string of the molecule is Cl.N#Cc1nc2ccccc2[nH]1. The van der Waals surface area contributed by atoms with E-state index in [0.29, 0.717) is 5.82 Å². The average Bonchev–Trinajstić information content (AvgIpc) is 2.46. The Hall–Kier alpha value is -1.53. The first-order valence-corrected chi connectivity index (χ1v) is 3.25. The third-order valence-corrected chi connectivity index (χ3v) is 1.50. The van der Waals surface area contributed by atoms with Crippen molar-refractivity contribution in [3.63, 3.8) is 0 Å². The van der Waals surface area contributed by atoms with Gasteiger partial charge in [-0.25, -0.2) is 4.98 Å². The minimum atomic E-state index is 0. The standard InChI is InChI=1S/C8H5N3.ClH/c9-5-8-10-6-3-1-2-4-7(6)11-8;/h1-4H,(H,10,11);1H. The van der Waals surface area contributed by atoms with Crippen LogP contribution in [0.1, 0.15) is 5.82 Å². The fourth-order valence-corrected chi connectivity index (χ4v) is 1.01. The summed E-state index contributed by atoms with van der Waals surface area (Å²) in [5.41, 5.74) is 1.74. The van der Waals surface area contributed by atoms with Crippen LogP contribution in [0.25, 0.3) is 11.0 Å². The fraction of sp³-hybridized carbons (Fsp3) is 0. The number of hydrogen-bond donors (Lipinski definition) is 1. The van der Waals surface area contributed by atoms with Crippen molar-refractivity contribution in [1.82, 2.24) is 9.97 Å². The summed E-state index contributed by atoms with van der Waals surface area (Å²) in [5, 5.41) is 8.49. The summed E-state index contributed by atoms with van der Waals surface area (Å²) >= 11 is 0. The van der Waals surface area contributed by atoms with Crippen molar-refractivity contribution < 1.29 is 0 Å². The Morgan fingerprint density at radius 2 is 2.08 bits per heavy atom. The molecular weight excluding hydrogens is 174 g/mol. The molecule has 1 heterocycles. The van der Waals surface area contributed by atoms with Gasteiger partial charge in [0.1, 0.15) is 6.07 Å². The van der Waals surface area contributed by atoms with Crippen molar-refractivity contribution in [3.05, 3.63) is 30.1 Å². The Bertz CT molecular complexity index is 394. The van der Waals surface area contributed by atoms with Gasteiger partial charge in [0.05, 0.1) is 11.0 Å². The number of nitriles is 1. The molecule has 0 amide bonds. The molecule has 0 radical (unpaired) electrons. The zero-order valence-electron chi connectivity index (χ0n) is 6.11. The van der Waals surface area contributed by atoms with E-state index in [0.717, 1.165) is 11.0 Å². The number of rotatable bonds is 0. The maximum Gasteiger partial charge on any atom is 0.211 e. The molecule has 1 N–H and O–H groups in total. The molecule has 1 aromatic heterocycles. The molecule has 0 saturated heterocycles. The van der Waals surface area contributed by atoms with E-state index < -0.39 is 0 Å². The molecule has 0 bridgehead atoms. The van der Waals surface area contributed by atoms with Crippen LogP contribution in [0.3, 0.4) is 0 Å². The highest BCUT2D eigenvalue weighted by atomic mass is 35.5. The first kappa shape index (κ1) is 8.57. The minimum absolute atomic E-state index is 0. The van der Waals surface area contributed by atoms with Gasteiger partial charge in [0.2, 0.25) is 5.82 Å². The second-order valence-corrected chi connectivity index (χ2v) is 2.21. The van der Waals surface area contributed by atoms with Gasteiger partial charge < -0.3 is 4.98 Å². The van der Waals surface area contributed by atoms with Crippen LogP contribution >= 0.6 is 12.4 Å². The maximum absolute atomic E-state index is 8.49. The van der Waals surface area contributed by atoms with Crippen molar-refractivity contribution in [1.29, 1.82) is 5.26 Å². The lowest BCUT2D eigenvalue weighted by molar-refractivity contribution is 1.25. The Morgan fingerprint density at radius 3 is 2.75 bits per heavy atom. The molecule has 2 aromatic rings. The van der Waals surface area contributed by atoms with Crippen LogP contribution in [0, 0.1) is 11.3 Å². The summed E-state index contributed by atoms with van der Waals surface area (Å²) in [6, 6.07) is 9.51. The molecule has 4 heteroatoms. The Kier molecular flexibility index (Phi) is 2.32. The number of benzene rings is 1. The predicted octanol–water partition coefficient (Wildman–Crippen LogP) is 1.86. The molecule has 0 unspecified atom stereocenters. The van der Waals surface area contributed by atoms with Gasteiger partial charge in [-0.15, -0.1) is 12.4 Å². The fourth-order valence-electron chi connectivity index (χ4n) is 1.01. The molecule has 60 valence electrons. The van der Waals surface area contributed by atoms with Gasteiger partial charge in [-0.3, -0.25) is 0 Å². The predicted molar refractivity (Wildman–Crippen MR) is 48.1 cm³/mol. The number of nitrogens with one attached hydrogen (secondary N) is 1. The molecule has 0 aliphatic rings. The molecule has 0 aliphatic heterocycles. The number of para-hydroxylation sites is 2.